The van der Waals surface area contributed by atoms with E-state index in [0.29, 0.717) is 19.6 Å². The second kappa shape index (κ2) is 5.08. The number of carbonyl (C=O) groups is 1. The molecule has 0 fully saturated rings. The van der Waals surface area contributed by atoms with E-state index in [1.54, 1.807) is 0 Å². The largest absolute Gasteiger partial charge is 0.494 e. The van der Waals surface area contributed by atoms with Crippen molar-refractivity contribution in [2.75, 3.05) is 20.3 Å². The summed E-state index contributed by atoms with van der Waals surface area (Å²) >= 11 is 0. The van der Waals surface area contributed by atoms with Crippen LogP contribution in [0.5, 0.6) is 11.5 Å². The maximum absolute atomic E-state index is 11.3. The summed E-state index contributed by atoms with van der Waals surface area (Å²) in [6.07, 6.45) is 0.346. The summed E-state index contributed by atoms with van der Waals surface area (Å²) in [7, 11) is 1.40. The van der Waals surface area contributed by atoms with Crippen molar-refractivity contribution in [2.24, 2.45) is 0 Å². The molecule has 0 N–H and O–H groups in total. The maximum Gasteiger partial charge on any atom is 0.306 e. The molecule has 0 saturated carbocycles. The van der Waals surface area contributed by atoms with E-state index in [9.17, 15) is 4.79 Å². The summed E-state index contributed by atoms with van der Waals surface area (Å²) in [6, 6.07) is 5.71. The zero-order valence-electron chi connectivity index (χ0n) is 10.1. The summed E-state index contributed by atoms with van der Waals surface area (Å²) in [4.78, 5) is 11.3. The number of fused-ring (bicyclic) bond motifs is 1. The molecule has 0 bridgehead atoms. The third-order valence-corrected chi connectivity index (χ3v) is 2.81. The number of esters is 1. The van der Waals surface area contributed by atoms with E-state index in [1.165, 1.54) is 7.11 Å². The Morgan fingerprint density at radius 2 is 2.35 bits per heavy atom. The molecule has 0 spiro atoms. The Labute approximate surface area is 100 Å². The molecular weight excluding hydrogens is 220 g/mol. The number of hydrogen-bond donors (Lipinski definition) is 0. The lowest BCUT2D eigenvalue weighted by Crippen LogP contribution is -2.09. The van der Waals surface area contributed by atoms with Gasteiger partial charge in [0.25, 0.3) is 0 Å². The van der Waals surface area contributed by atoms with E-state index in [0.717, 1.165) is 17.1 Å². The van der Waals surface area contributed by atoms with Crippen molar-refractivity contribution < 1.29 is 19.0 Å². The second-order valence-electron chi connectivity index (χ2n) is 3.92. The monoisotopic (exact) mass is 236 g/mol. The Morgan fingerprint density at radius 1 is 1.53 bits per heavy atom. The smallest absolute Gasteiger partial charge is 0.306 e. The number of rotatable bonds is 4. The molecular formula is C13H16O4. The van der Waals surface area contributed by atoms with Crippen molar-refractivity contribution in [1.82, 2.24) is 0 Å². The van der Waals surface area contributed by atoms with Gasteiger partial charge in [0.1, 0.15) is 11.5 Å². The van der Waals surface area contributed by atoms with Crippen LogP contribution in [0.15, 0.2) is 18.2 Å². The Kier molecular flexibility index (Phi) is 3.52. The fourth-order valence-corrected chi connectivity index (χ4v) is 1.97. The van der Waals surface area contributed by atoms with Crippen LogP contribution in [0, 0.1) is 0 Å². The third-order valence-electron chi connectivity index (χ3n) is 2.81. The number of methoxy groups -OCH3 is 1. The van der Waals surface area contributed by atoms with Gasteiger partial charge in [-0.1, -0.05) is 0 Å². The minimum atomic E-state index is -0.215. The van der Waals surface area contributed by atoms with Crippen LogP contribution in [0.4, 0.5) is 0 Å². The van der Waals surface area contributed by atoms with Crippen LogP contribution in [-0.2, 0) is 9.53 Å². The number of ether oxygens (including phenoxy) is 3. The minimum Gasteiger partial charge on any atom is -0.494 e. The van der Waals surface area contributed by atoms with E-state index in [-0.39, 0.29) is 11.9 Å². The molecule has 1 aliphatic rings. The standard InChI is InChI=1S/C13H16O4/c1-3-16-10-4-5-12-11(7-10)9(8-17-12)6-13(14)15-2/h4-5,7,9H,3,6,8H2,1-2H3. The molecule has 1 atom stereocenters. The minimum absolute atomic E-state index is 0.0675. The van der Waals surface area contributed by atoms with Crippen molar-refractivity contribution in [3.8, 4) is 11.5 Å². The fraction of sp³-hybridized carbons (Fsp3) is 0.462. The van der Waals surface area contributed by atoms with Crippen LogP contribution in [0.2, 0.25) is 0 Å². The molecule has 4 heteroatoms. The van der Waals surface area contributed by atoms with E-state index >= 15 is 0 Å². The van der Waals surface area contributed by atoms with E-state index in [1.807, 2.05) is 25.1 Å². The third kappa shape index (κ3) is 2.52. The zero-order chi connectivity index (χ0) is 12.3. The van der Waals surface area contributed by atoms with Crippen LogP contribution in [0.25, 0.3) is 0 Å². The average molecular weight is 236 g/mol. The second-order valence-corrected chi connectivity index (χ2v) is 3.92. The van der Waals surface area contributed by atoms with Gasteiger partial charge in [-0.3, -0.25) is 4.79 Å². The van der Waals surface area contributed by atoms with Gasteiger partial charge in [-0.25, -0.2) is 0 Å². The molecule has 1 aromatic rings. The summed E-state index contributed by atoms with van der Waals surface area (Å²) in [5.74, 6) is 1.50. The lowest BCUT2D eigenvalue weighted by atomic mass is 9.98. The Bertz CT molecular complexity index is 414. The maximum atomic E-state index is 11.3. The molecule has 1 aromatic carbocycles. The molecule has 0 saturated heterocycles. The molecule has 0 amide bonds. The van der Waals surface area contributed by atoms with Gasteiger partial charge in [0, 0.05) is 11.5 Å². The van der Waals surface area contributed by atoms with Gasteiger partial charge in [-0.15, -0.1) is 0 Å². The van der Waals surface area contributed by atoms with E-state index in [4.69, 9.17) is 9.47 Å². The predicted octanol–water partition coefficient (Wildman–Crippen LogP) is 2.12. The van der Waals surface area contributed by atoms with Crippen molar-refractivity contribution in [1.29, 1.82) is 0 Å². The first-order chi connectivity index (χ1) is 8.24. The van der Waals surface area contributed by atoms with Crippen LogP contribution in [0.3, 0.4) is 0 Å². The number of benzene rings is 1. The highest BCUT2D eigenvalue weighted by atomic mass is 16.5. The first kappa shape index (κ1) is 11.8. The van der Waals surface area contributed by atoms with Gasteiger partial charge < -0.3 is 14.2 Å². The molecule has 0 radical (unpaired) electrons. The van der Waals surface area contributed by atoms with Gasteiger partial charge >= 0.3 is 5.97 Å². The molecule has 1 heterocycles. The fourth-order valence-electron chi connectivity index (χ4n) is 1.97. The molecule has 92 valence electrons. The molecule has 0 aromatic heterocycles. The Morgan fingerprint density at radius 3 is 3.06 bits per heavy atom. The van der Waals surface area contributed by atoms with Crippen molar-refractivity contribution in [3.63, 3.8) is 0 Å². The summed E-state index contributed by atoms with van der Waals surface area (Å²) in [5, 5.41) is 0. The SMILES string of the molecule is CCOc1ccc2c(c1)C(CC(=O)OC)CO2. The highest BCUT2D eigenvalue weighted by Crippen LogP contribution is 2.38. The highest BCUT2D eigenvalue weighted by Gasteiger charge is 2.27. The van der Waals surface area contributed by atoms with Crippen LogP contribution < -0.4 is 9.47 Å². The normalized spacial score (nSPS) is 17.2. The Hall–Kier alpha value is -1.71. The quantitative estimate of drug-likeness (QED) is 0.751. The average Bonchev–Trinajstić information content (AvgIpc) is 2.72. The lowest BCUT2D eigenvalue weighted by molar-refractivity contribution is -0.141. The van der Waals surface area contributed by atoms with Gasteiger partial charge in [-0.05, 0) is 25.1 Å². The molecule has 1 aliphatic heterocycles. The zero-order valence-corrected chi connectivity index (χ0v) is 10.1. The topological polar surface area (TPSA) is 44.8 Å². The first-order valence-electron chi connectivity index (χ1n) is 5.71. The van der Waals surface area contributed by atoms with Crippen LogP contribution in [-0.4, -0.2) is 26.3 Å². The molecule has 17 heavy (non-hydrogen) atoms. The molecule has 0 aliphatic carbocycles. The van der Waals surface area contributed by atoms with Gasteiger partial charge in [0.2, 0.25) is 0 Å². The number of hydrogen-bond acceptors (Lipinski definition) is 4. The summed E-state index contributed by atoms with van der Waals surface area (Å²) in [6.45, 7) is 3.09. The summed E-state index contributed by atoms with van der Waals surface area (Å²) in [5.41, 5.74) is 1.03. The molecule has 1 unspecified atom stereocenters. The lowest BCUT2D eigenvalue weighted by Gasteiger charge is -2.08. The van der Waals surface area contributed by atoms with Crippen LogP contribution in [0.1, 0.15) is 24.8 Å². The van der Waals surface area contributed by atoms with E-state index in [2.05, 4.69) is 4.74 Å². The highest BCUT2D eigenvalue weighted by molar-refractivity contribution is 5.71. The molecule has 2 rings (SSSR count). The first-order valence-corrected chi connectivity index (χ1v) is 5.71. The van der Waals surface area contributed by atoms with Gasteiger partial charge in [0.05, 0.1) is 26.7 Å². The van der Waals surface area contributed by atoms with Crippen molar-refractivity contribution in [3.05, 3.63) is 23.8 Å². The van der Waals surface area contributed by atoms with Gasteiger partial charge in [0.15, 0.2) is 0 Å². The van der Waals surface area contributed by atoms with Crippen molar-refractivity contribution in [2.45, 2.75) is 19.3 Å². The Balaban J connectivity index is 2.17. The predicted molar refractivity (Wildman–Crippen MR) is 62.5 cm³/mol. The van der Waals surface area contributed by atoms with Gasteiger partial charge in [-0.2, -0.15) is 0 Å². The van der Waals surface area contributed by atoms with E-state index < -0.39 is 0 Å². The number of carbonyl (C=O) groups excluding carboxylic acids is 1. The molecule has 4 nitrogen and oxygen atoms in total. The van der Waals surface area contributed by atoms with Crippen LogP contribution >= 0.6 is 0 Å². The summed E-state index contributed by atoms with van der Waals surface area (Å²) < 4.78 is 15.6. The van der Waals surface area contributed by atoms with Crippen molar-refractivity contribution >= 4 is 5.97 Å².